The third-order valence-corrected chi connectivity index (χ3v) is 4.95. The van der Waals surface area contributed by atoms with Crippen LogP contribution in [0.3, 0.4) is 0 Å². The standard InChI is InChI=1S/C25H26ClN3O4/c1-17(30)28-21-8-3-18(4-9-21)15-19-5-10-22(11-6-19)29-25(32)33-14-2-13-27-23-16-20(26)7-12-24(23)31/h3-12,16,27,31H,2,13-15H2,1H3,(H,28,30)(H,29,32). The number of halogens is 1. The Kier molecular flexibility index (Phi) is 8.55. The maximum atomic E-state index is 12.0. The lowest BCUT2D eigenvalue weighted by atomic mass is 10.0. The third-order valence-electron chi connectivity index (χ3n) is 4.71. The first-order chi connectivity index (χ1) is 15.9. The quantitative estimate of drug-likeness (QED) is 0.241. The summed E-state index contributed by atoms with van der Waals surface area (Å²) in [5, 5.41) is 18.8. The number of rotatable bonds is 9. The maximum Gasteiger partial charge on any atom is 0.411 e. The number of carbonyl (C=O) groups excluding carboxylic acids is 2. The van der Waals surface area contributed by atoms with Crippen LogP contribution in [-0.4, -0.2) is 30.3 Å². The van der Waals surface area contributed by atoms with Crippen molar-refractivity contribution >= 4 is 40.7 Å². The molecule has 0 saturated carbocycles. The largest absolute Gasteiger partial charge is 0.506 e. The molecule has 172 valence electrons. The van der Waals surface area contributed by atoms with E-state index in [1.807, 2.05) is 48.5 Å². The zero-order valence-corrected chi connectivity index (χ0v) is 19.0. The van der Waals surface area contributed by atoms with Crippen molar-refractivity contribution in [1.29, 1.82) is 0 Å². The predicted octanol–water partition coefficient (Wildman–Crippen LogP) is 5.65. The molecule has 0 unspecified atom stereocenters. The van der Waals surface area contributed by atoms with Crippen LogP contribution in [0, 0.1) is 0 Å². The number of amides is 2. The predicted molar refractivity (Wildman–Crippen MR) is 131 cm³/mol. The van der Waals surface area contributed by atoms with Gasteiger partial charge in [0.2, 0.25) is 5.91 Å². The second kappa shape index (κ2) is 11.8. The fourth-order valence-corrected chi connectivity index (χ4v) is 3.29. The molecule has 7 nitrogen and oxygen atoms in total. The van der Waals surface area contributed by atoms with Crippen LogP contribution in [0.25, 0.3) is 0 Å². The summed E-state index contributed by atoms with van der Waals surface area (Å²) in [6.07, 6.45) is 0.779. The molecule has 0 saturated heterocycles. The molecule has 0 spiro atoms. The van der Waals surface area contributed by atoms with Gasteiger partial charge in [0.1, 0.15) is 5.75 Å². The number of phenolic OH excluding ortho intramolecular Hbond substituents is 1. The monoisotopic (exact) mass is 467 g/mol. The first kappa shape index (κ1) is 23.9. The molecular formula is C25H26ClN3O4. The lowest BCUT2D eigenvalue weighted by Crippen LogP contribution is -2.16. The van der Waals surface area contributed by atoms with Crippen molar-refractivity contribution in [3.63, 3.8) is 0 Å². The van der Waals surface area contributed by atoms with Gasteiger partial charge < -0.3 is 20.5 Å². The van der Waals surface area contributed by atoms with Gasteiger partial charge in [-0.05, 0) is 66.4 Å². The van der Waals surface area contributed by atoms with Gasteiger partial charge in [-0.25, -0.2) is 4.79 Å². The van der Waals surface area contributed by atoms with Gasteiger partial charge in [0.15, 0.2) is 0 Å². The van der Waals surface area contributed by atoms with E-state index in [2.05, 4.69) is 16.0 Å². The van der Waals surface area contributed by atoms with Gasteiger partial charge in [-0.2, -0.15) is 0 Å². The van der Waals surface area contributed by atoms with Gasteiger partial charge in [-0.1, -0.05) is 35.9 Å². The van der Waals surface area contributed by atoms with Gasteiger partial charge in [-0.3, -0.25) is 10.1 Å². The molecule has 3 aromatic carbocycles. The molecule has 0 heterocycles. The van der Waals surface area contributed by atoms with E-state index in [1.54, 1.807) is 12.1 Å². The number of phenols is 1. The van der Waals surface area contributed by atoms with Crippen molar-refractivity contribution in [2.24, 2.45) is 0 Å². The SMILES string of the molecule is CC(=O)Nc1ccc(Cc2ccc(NC(=O)OCCCNc3cc(Cl)ccc3O)cc2)cc1. The van der Waals surface area contributed by atoms with E-state index >= 15 is 0 Å². The van der Waals surface area contributed by atoms with Crippen LogP contribution in [-0.2, 0) is 16.0 Å². The molecule has 3 aromatic rings. The van der Waals surface area contributed by atoms with Gasteiger partial charge in [0.25, 0.3) is 0 Å². The molecule has 8 heteroatoms. The molecule has 0 bridgehead atoms. The third kappa shape index (κ3) is 8.05. The van der Waals surface area contributed by atoms with Gasteiger partial charge >= 0.3 is 6.09 Å². The summed E-state index contributed by atoms with van der Waals surface area (Å²) in [5.74, 6) is 0.0161. The Bertz CT molecular complexity index is 1090. The normalized spacial score (nSPS) is 10.4. The number of ether oxygens (including phenoxy) is 1. The molecule has 4 N–H and O–H groups in total. The van der Waals surface area contributed by atoms with Crippen molar-refractivity contribution in [1.82, 2.24) is 0 Å². The molecule has 0 aromatic heterocycles. The lowest BCUT2D eigenvalue weighted by Gasteiger charge is -2.10. The van der Waals surface area contributed by atoms with Crippen molar-refractivity contribution < 1.29 is 19.4 Å². The maximum absolute atomic E-state index is 12.0. The minimum atomic E-state index is -0.526. The number of benzene rings is 3. The molecule has 2 amide bonds. The summed E-state index contributed by atoms with van der Waals surface area (Å²) >= 11 is 5.90. The molecule has 3 rings (SSSR count). The van der Waals surface area contributed by atoms with Crippen LogP contribution in [0.4, 0.5) is 21.9 Å². The Labute approximate surface area is 197 Å². The van der Waals surface area contributed by atoms with E-state index in [0.717, 1.165) is 23.2 Å². The highest BCUT2D eigenvalue weighted by atomic mass is 35.5. The topological polar surface area (TPSA) is 99.7 Å². The average molecular weight is 468 g/mol. The van der Waals surface area contributed by atoms with Crippen molar-refractivity contribution in [3.05, 3.63) is 82.9 Å². The summed E-state index contributed by atoms with van der Waals surface area (Å²) in [4.78, 5) is 23.1. The Morgan fingerprint density at radius 2 is 1.52 bits per heavy atom. The number of nitrogens with one attached hydrogen (secondary N) is 3. The molecule has 0 radical (unpaired) electrons. The zero-order chi connectivity index (χ0) is 23.6. The van der Waals surface area contributed by atoms with E-state index in [-0.39, 0.29) is 18.3 Å². The van der Waals surface area contributed by atoms with Gasteiger partial charge in [-0.15, -0.1) is 0 Å². The minimum absolute atomic E-state index is 0.0983. The Morgan fingerprint density at radius 1 is 0.909 bits per heavy atom. The lowest BCUT2D eigenvalue weighted by molar-refractivity contribution is -0.114. The van der Waals surface area contributed by atoms with E-state index in [4.69, 9.17) is 16.3 Å². The number of hydrogen-bond donors (Lipinski definition) is 4. The molecule has 0 aliphatic heterocycles. The fraction of sp³-hybridized carbons (Fsp3) is 0.200. The Balaban J connectivity index is 1.38. The molecule has 0 fully saturated rings. The first-order valence-corrected chi connectivity index (χ1v) is 10.9. The second-order valence-corrected chi connectivity index (χ2v) is 7.89. The van der Waals surface area contributed by atoms with Crippen LogP contribution in [0.15, 0.2) is 66.7 Å². The summed E-state index contributed by atoms with van der Waals surface area (Å²) in [7, 11) is 0. The summed E-state index contributed by atoms with van der Waals surface area (Å²) in [6.45, 7) is 2.22. The highest BCUT2D eigenvalue weighted by Crippen LogP contribution is 2.26. The minimum Gasteiger partial charge on any atom is -0.506 e. The average Bonchev–Trinajstić information content (AvgIpc) is 2.78. The molecular weight excluding hydrogens is 442 g/mol. The summed E-state index contributed by atoms with van der Waals surface area (Å²) in [5.41, 5.74) is 4.16. The first-order valence-electron chi connectivity index (χ1n) is 10.5. The summed E-state index contributed by atoms with van der Waals surface area (Å²) < 4.78 is 5.19. The number of hydrogen-bond acceptors (Lipinski definition) is 5. The van der Waals surface area contributed by atoms with Crippen LogP contribution in [0.1, 0.15) is 24.5 Å². The van der Waals surface area contributed by atoms with Crippen LogP contribution >= 0.6 is 11.6 Å². The van der Waals surface area contributed by atoms with Gasteiger partial charge in [0, 0.05) is 29.9 Å². The number of carbonyl (C=O) groups is 2. The van der Waals surface area contributed by atoms with Crippen molar-refractivity contribution in [2.75, 3.05) is 29.1 Å². The molecule has 0 aliphatic carbocycles. The van der Waals surface area contributed by atoms with Crippen LogP contribution in [0.2, 0.25) is 5.02 Å². The Hall–Kier alpha value is -3.71. The fourth-order valence-electron chi connectivity index (χ4n) is 3.11. The second-order valence-electron chi connectivity index (χ2n) is 7.45. The van der Waals surface area contributed by atoms with E-state index in [1.165, 1.54) is 13.0 Å². The van der Waals surface area contributed by atoms with Crippen LogP contribution in [0.5, 0.6) is 5.75 Å². The van der Waals surface area contributed by atoms with E-state index in [9.17, 15) is 14.7 Å². The zero-order valence-electron chi connectivity index (χ0n) is 18.2. The Morgan fingerprint density at radius 3 is 2.12 bits per heavy atom. The molecule has 0 atom stereocenters. The van der Waals surface area contributed by atoms with Crippen molar-refractivity contribution in [3.8, 4) is 5.75 Å². The highest BCUT2D eigenvalue weighted by Gasteiger charge is 2.05. The van der Waals surface area contributed by atoms with E-state index in [0.29, 0.717) is 29.4 Å². The van der Waals surface area contributed by atoms with Crippen LogP contribution < -0.4 is 16.0 Å². The summed E-state index contributed by atoms with van der Waals surface area (Å²) in [6, 6.07) is 20.0. The van der Waals surface area contributed by atoms with E-state index < -0.39 is 6.09 Å². The molecule has 33 heavy (non-hydrogen) atoms. The number of anilines is 3. The number of aromatic hydroxyl groups is 1. The molecule has 0 aliphatic rings. The van der Waals surface area contributed by atoms with Gasteiger partial charge in [0.05, 0.1) is 12.3 Å². The van der Waals surface area contributed by atoms with Crippen molar-refractivity contribution in [2.45, 2.75) is 19.8 Å². The smallest absolute Gasteiger partial charge is 0.411 e. The highest BCUT2D eigenvalue weighted by molar-refractivity contribution is 6.30.